The van der Waals surface area contributed by atoms with Crippen molar-refractivity contribution >= 4 is 12.0 Å². The molecule has 0 aromatic heterocycles. The molecule has 1 heterocycles. The third-order valence-corrected chi connectivity index (χ3v) is 6.01. The third kappa shape index (κ3) is 3.68. The molecular formula is C23H31N2O+. The van der Waals surface area contributed by atoms with Gasteiger partial charge in [-0.05, 0) is 75.1 Å². The summed E-state index contributed by atoms with van der Waals surface area (Å²) in [7, 11) is 0. The van der Waals surface area contributed by atoms with Crippen molar-refractivity contribution in [3.8, 4) is 0 Å². The van der Waals surface area contributed by atoms with Gasteiger partial charge < -0.3 is 9.80 Å². The van der Waals surface area contributed by atoms with Gasteiger partial charge in [-0.15, -0.1) is 0 Å². The number of nitrogens with zero attached hydrogens (tertiary/aromatic N) is 1. The van der Waals surface area contributed by atoms with Crippen molar-refractivity contribution in [2.24, 2.45) is 0 Å². The predicted octanol–water partition coefficient (Wildman–Crippen LogP) is 3.20. The van der Waals surface area contributed by atoms with E-state index < -0.39 is 0 Å². The first-order valence-corrected chi connectivity index (χ1v) is 9.63. The molecule has 0 aliphatic carbocycles. The molecule has 1 aliphatic heterocycles. The van der Waals surface area contributed by atoms with Crippen LogP contribution in [0.5, 0.6) is 0 Å². The Morgan fingerprint density at radius 1 is 0.923 bits per heavy atom. The number of carbonyl (C=O) groups is 1. The van der Waals surface area contributed by atoms with E-state index in [1.807, 2.05) is 12.1 Å². The smallest absolute Gasteiger partial charge is 0.150 e. The maximum absolute atomic E-state index is 11.1. The first kappa shape index (κ1) is 18.7. The number of benzene rings is 2. The van der Waals surface area contributed by atoms with Gasteiger partial charge in [-0.3, -0.25) is 4.79 Å². The maximum Gasteiger partial charge on any atom is 0.150 e. The Labute approximate surface area is 157 Å². The van der Waals surface area contributed by atoms with Gasteiger partial charge in [0.25, 0.3) is 0 Å². The highest BCUT2D eigenvalue weighted by molar-refractivity contribution is 5.78. The Hall–Kier alpha value is -2.13. The zero-order valence-electron chi connectivity index (χ0n) is 16.7. The molecule has 0 spiro atoms. The second kappa shape index (κ2) is 7.63. The van der Waals surface area contributed by atoms with Gasteiger partial charge in [-0.1, -0.05) is 12.1 Å². The zero-order chi connectivity index (χ0) is 18.8. The molecule has 0 amide bonds. The molecule has 1 N–H and O–H groups in total. The topological polar surface area (TPSA) is 24.8 Å². The highest BCUT2D eigenvalue weighted by Gasteiger charge is 2.27. The summed E-state index contributed by atoms with van der Waals surface area (Å²) in [4.78, 5) is 15.2. The van der Waals surface area contributed by atoms with Crippen LogP contribution in [-0.4, -0.2) is 32.5 Å². The number of anilines is 1. The molecule has 1 aliphatic rings. The SMILES string of the molecule is Cc1ccc([C@H](C)[NH+]2CCN(c3c(C)cc(C=O)cc3C)CC2)cc1C. The van der Waals surface area contributed by atoms with E-state index in [0.29, 0.717) is 6.04 Å². The van der Waals surface area contributed by atoms with Crippen LogP contribution in [0.25, 0.3) is 0 Å². The maximum atomic E-state index is 11.1. The number of rotatable bonds is 4. The van der Waals surface area contributed by atoms with E-state index in [1.54, 1.807) is 4.90 Å². The van der Waals surface area contributed by atoms with Crippen molar-refractivity contribution in [2.75, 3.05) is 31.1 Å². The zero-order valence-corrected chi connectivity index (χ0v) is 16.7. The van der Waals surface area contributed by atoms with E-state index in [-0.39, 0.29) is 0 Å². The molecule has 0 unspecified atom stereocenters. The lowest BCUT2D eigenvalue weighted by Crippen LogP contribution is -3.14. The van der Waals surface area contributed by atoms with Crippen molar-refractivity contribution in [2.45, 2.75) is 40.7 Å². The molecule has 26 heavy (non-hydrogen) atoms. The minimum absolute atomic E-state index is 0.524. The van der Waals surface area contributed by atoms with Gasteiger partial charge >= 0.3 is 0 Å². The predicted molar refractivity (Wildman–Crippen MR) is 109 cm³/mol. The number of quaternary nitrogens is 1. The fourth-order valence-corrected chi connectivity index (χ4v) is 4.28. The van der Waals surface area contributed by atoms with Gasteiger partial charge in [0, 0.05) is 16.8 Å². The summed E-state index contributed by atoms with van der Waals surface area (Å²) in [6, 6.07) is 11.4. The Morgan fingerprint density at radius 3 is 2.08 bits per heavy atom. The van der Waals surface area contributed by atoms with E-state index in [0.717, 1.165) is 38.0 Å². The average molecular weight is 352 g/mol. The summed E-state index contributed by atoms with van der Waals surface area (Å²) >= 11 is 0. The lowest BCUT2D eigenvalue weighted by molar-refractivity contribution is -0.930. The molecule has 0 saturated carbocycles. The second-order valence-corrected chi connectivity index (χ2v) is 7.83. The molecular weight excluding hydrogens is 320 g/mol. The van der Waals surface area contributed by atoms with E-state index in [1.165, 1.54) is 33.5 Å². The van der Waals surface area contributed by atoms with Gasteiger partial charge in [0.1, 0.15) is 12.3 Å². The number of aryl methyl sites for hydroxylation is 4. The first-order chi connectivity index (χ1) is 12.4. The number of aldehydes is 1. The summed E-state index contributed by atoms with van der Waals surface area (Å²) in [6.07, 6.45) is 0.942. The monoisotopic (exact) mass is 351 g/mol. The Balaban J connectivity index is 1.71. The summed E-state index contributed by atoms with van der Waals surface area (Å²) < 4.78 is 0. The van der Waals surface area contributed by atoms with Crippen LogP contribution in [0, 0.1) is 27.7 Å². The standard InChI is InChI=1S/C23H30N2O/c1-16-6-7-22(14-17(16)2)20(5)24-8-10-25(11-9-24)23-18(3)12-21(15-26)13-19(23)4/h6-7,12-15,20H,8-11H2,1-5H3/p+1/t20-/m0/s1. The summed E-state index contributed by atoms with van der Waals surface area (Å²) in [6.45, 7) is 15.4. The van der Waals surface area contributed by atoms with Gasteiger partial charge in [0.2, 0.25) is 0 Å². The Bertz CT molecular complexity index is 781. The van der Waals surface area contributed by atoms with Crippen LogP contribution in [0.1, 0.15) is 51.1 Å². The normalized spacial score (nSPS) is 16.6. The molecule has 138 valence electrons. The van der Waals surface area contributed by atoms with Crippen molar-refractivity contribution in [3.63, 3.8) is 0 Å². The quantitative estimate of drug-likeness (QED) is 0.856. The summed E-state index contributed by atoms with van der Waals surface area (Å²) in [5, 5.41) is 0. The number of nitrogens with one attached hydrogen (secondary N) is 1. The van der Waals surface area contributed by atoms with Crippen molar-refractivity contribution < 1.29 is 9.69 Å². The van der Waals surface area contributed by atoms with Crippen molar-refractivity contribution in [1.82, 2.24) is 0 Å². The highest BCUT2D eigenvalue weighted by Crippen LogP contribution is 2.26. The first-order valence-electron chi connectivity index (χ1n) is 9.63. The van der Waals surface area contributed by atoms with E-state index in [4.69, 9.17) is 0 Å². The Kier molecular flexibility index (Phi) is 5.47. The van der Waals surface area contributed by atoms with E-state index in [2.05, 4.69) is 57.7 Å². The van der Waals surface area contributed by atoms with Crippen LogP contribution in [0.4, 0.5) is 5.69 Å². The Morgan fingerprint density at radius 2 is 1.54 bits per heavy atom. The van der Waals surface area contributed by atoms with Crippen LogP contribution in [0.2, 0.25) is 0 Å². The number of hydrogen-bond acceptors (Lipinski definition) is 2. The fourth-order valence-electron chi connectivity index (χ4n) is 4.28. The largest absolute Gasteiger partial charge is 0.360 e. The van der Waals surface area contributed by atoms with Crippen molar-refractivity contribution in [3.05, 3.63) is 63.7 Å². The molecule has 1 atom stereocenters. The molecule has 0 radical (unpaired) electrons. The van der Waals surface area contributed by atoms with Crippen LogP contribution in [-0.2, 0) is 0 Å². The molecule has 2 aromatic rings. The van der Waals surface area contributed by atoms with Gasteiger partial charge in [0.15, 0.2) is 0 Å². The molecule has 2 aromatic carbocycles. The van der Waals surface area contributed by atoms with E-state index in [9.17, 15) is 4.79 Å². The highest BCUT2D eigenvalue weighted by atomic mass is 16.1. The van der Waals surface area contributed by atoms with Crippen LogP contribution >= 0.6 is 0 Å². The number of carbonyl (C=O) groups excluding carboxylic acids is 1. The molecule has 3 heteroatoms. The molecule has 3 rings (SSSR count). The van der Waals surface area contributed by atoms with Crippen LogP contribution in [0.3, 0.4) is 0 Å². The molecule has 1 saturated heterocycles. The number of piperazine rings is 1. The van der Waals surface area contributed by atoms with E-state index >= 15 is 0 Å². The molecule has 0 bridgehead atoms. The molecule has 3 nitrogen and oxygen atoms in total. The second-order valence-electron chi connectivity index (χ2n) is 7.83. The van der Waals surface area contributed by atoms with Gasteiger partial charge in [0.05, 0.1) is 26.2 Å². The van der Waals surface area contributed by atoms with Crippen LogP contribution < -0.4 is 9.80 Å². The van der Waals surface area contributed by atoms with Gasteiger partial charge in [-0.25, -0.2) is 0 Å². The fraction of sp³-hybridized carbons (Fsp3) is 0.435. The lowest BCUT2D eigenvalue weighted by Gasteiger charge is -2.38. The average Bonchev–Trinajstić information content (AvgIpc) is 2.63. The minimum Gasteiger partial charge on any atom is -0.360 e. The molecule has 1 fully saturated rings. The summed E-state index contributed by atoms with van der Waals surface area (Å²) in [5.41, 5.74) is 8.69. The van der Waals surface area contributed by atoms with Crippen LogP contribution in [0.15, 0.2) is 30.3 Å². The third-order valence-electron chi connectivity index (χ3n) is 6.01. The minimum atomic E-state index is 0.524. The number of hydrogen-bond donors (Lipinski definition) is 1. The lowest BCUT2D eigenvalue weighted by atomic mass is 10.00. The van der Waals surface area contributed by atoms with Gasteiger partial charge in [-0.2, -0.15) is 0 Å². The van der Waals surface area contributed by atoms with Crippen molar-refractivity contribution in [1.29, 1.82) is 0 Å². The summed E-state index contributed by atoms with van der Waals surface area (Å²) in [5.74, 6) is 0.